The smallest absolute Gasteiger partial charge is 0.333 e. The molecule has 0 fully saturated rings. The first-order valence-electron chi connectivity index (χ1n) is 10.1. The van der Waals surface area contributed by atoms with Crippen LogP contribution >= 0.6 is 0 Å². The van der Waals surface area contributed by atoms with E-state index in [1.54, 1.807) is 13.8 Å². The first-order valence-corrected chi connectivity index (χ1v) is 10.1. The summed E-state index contributed by atoms with van der Waals surface area (Å²) in [5.74, 6) is -1.60. The van der Waals surface area contributed by atoms with Crippen LogP contribution in [0, 0.1) is 0 Å². The summed E-state index contributed by atoms with van der Waals surface area (Å²) in [4.78, 5) is 39.7. The molecular formula is C27H38O7. The third-order valence-corrected chi connectivity index (χ3v) is 2.82. The molecule has 34 heavy (non-hydrogen) atoms. The lowest BCUT2D eigenvalue weighted by atomic mass is 10.2. The van der Waals surface area contributed by atoms with E-state index in [0.717, 1.165) is 12.5 Å². The van der Waals surface area contributed by atoms with Crippen LogP contribution in [0.25, 0.3) is 6.08 Å². The van der Waals surface area contributed by atoms with Gasteiger partial charge in [0.25, 0.3) is 0 Å². The van der Waals surface area contributed by atoms with Crippen LogP contribution in [0.3, 0.4) is 0 Å². The van der Waals surface area contributed by atoms with Gasteiger partial charge >= 0.3 is 17.9 Å². The number of carbonyl (C=O) groups excluding carboxylic acids is 3. The maximum Gasteiger partial charge on any atom is 0.333 e. The Kier molecular flexibility index (Phi) is 29.7. The molecule has 0 saturated carbocycles. The minimum Gasteiger partial charge on any atom is -0.478 e. The minimum absolute atomic E-state index is 0.0185. The Morgan fingerprint density at radius 1 is 0.882 bits per heavy atom. The van der Waals surface area contributed by atoms with E-state index in [-0.39, 0.29) is 17.7 Å². The molecule has 0 unspecified atom stereocenters. The van der Waals surface area contributed by atoms with E-state index in [0.29, 0.717) is 17.8 Å². The number of methoxy groups -OCH3 is 1. The molecule has 0 amide bonds. The molecule has 1 aromatic rings. The summed E-state index contributed by atoms with van der Waals surface area (Å²) in [5.41, 5.74) is 2.07. The first kappa shape index (κ1) is 37.3. The molecule has 0 radical (unpaired) electrons. The molecule has 188 valence electrons. The molecule has 0 aliphatic heterocycles. The Balaban J connectivity index is -0.000000169. The summed E-state index contributed by atoms with van der Waals surface area (Å²) in [7, 11) is 1.33. The summed E-state index contributed by atoms with van der Waals surface area (Å²) in [6.45, 7) is 23.7. The second kappa shape index (κ2) is 27.0. The number of esters is 2. The number of benzene rings is 1. The number of carboxylic acid groups (broad SMARTS) is 1. The van der Waals surface area contributed by atoms with Crippen molar-refractivity contribution in [2.24, 2.45) is 0 Å². The Morgan fingerprint density at radius 2 is 1.29 bits per heavy atom. The van der Waals surface area contributed by atoms with E-state index in [2.05, 4.69) is 37.6 Å². The van der Waals surface area contributed by atoms with Crippen LogP contribution < -0.4 is 0 Å². The van der Waals surface area contributed by atoms with Crippen LogP contribution in [0.2, 0.25) is 0 Å². The number of hydrogen-bond donors (Lipinski definition) is 1. The molecule has 1 rings (SSSR count). The molecule has 0 saturated heterocycles. The van der Waals surface area contributed by atoms with Gasteiger partial charge < -0.3 is 14.6 Å². The first-order chi connectivity index (χ1) is 15.8. The summed E-state index contributed by atoms with van der Waals surface area (Å²) in [5, 5.41) is 7.60. The Hall–Kier alpha value is -4.00. The monoisotopic (exact) mass is 474 g/mol. The van der Waals surface area contributed by atoms with Crippen molar-refractivity contribution in [3.63, 3.8) is 0 Å². The zero-order valence-corrected chi connectivity index (χ0v) is 21.0. The number of allylic oxidation sites excluding steroid dienone is 1. The van der Waals surface area contributed by atoms with Gasteiger partial charge in [-0.3, -0.25) is 4.79 Å². The highest BCUT2D eigenvalue weighted by Gasteiger charge is 1.99. The molecular weight excluding hydrogens is 436 g/mol. The van der Waals surface area contributed by atoms with Gasteiger partial charge in [-0.1, -0.05) is 76.2 Å². The van der Waals surface area contributed by atoms with Crippen molar-refractivity contribution in [1.29, 1.82) is 0 Å². The molecule has 1 N–H and O–H groups in total. The summed E-state index contributed by atoms with van der Waals surface area (Å²) in [6, 6.07) is 10.0. The Bertz CT molecular complexity index is 772. The fraction of sp³-hybridized carbons (Fsp3) is 0.259. The molecule has 0 bridgehead atoms. The van der Waals surface area contributed by atoms with E-state index >= 15 is 0 Å². The molecule has 1 aromatic carbocycles. The van der Waals surface area contributed by atoms with E-state index in [1.165, 1.54) is 25.7 Å². The summed E-state index contributed by atoms with van der Waals surface area (Å²) < 4.78 is 8.99. The van der Waals surface area contributed by atoms with Crippen LogP contribution in [-0.2, 0) is 28.7 Å². The van der Waals surface area contributed by atoms with Crippen molar-refractivity contribution in [1.82, 2.24) is 0 Å². The molecule has 0 atom stereocenters. The minimum atomic E-state index is -0.981. The highest BCUT2D eigenvalue weighted by molar-refractivity contribution is 5.87. The number of aliphatic carboxylic acids is 1. The second-order valence-corrected chi connectivity index (χ2v) is 6.16. The third-order valence-electron chi connectivity index (χ3n) is 2.82. The maximum absolute atomic E-state index is 10.6. The summed E-state index contributed by atoms with van der Waals surface area (Å²) in [6.07, 6.45) is 4.80. The van der Waals surface area contributed by atoms with Gasteiger partial charge in [-0.2, -0.15) is 0 Å². The number of ether oxygens (including phenoxy) is 2. The fourth-order valence-electron chi connectivity index (χ4n) is 1.08. The Labute approximate surface area is 203 Å². The molecule has 7 heteroatoms. The van der Waals surface area contributed by atoms with E-state index in [1.807, 2.05) is 43.3 Å². The van der Waals surface area contributed by atoms with Gasteiger partial charge in [0.1, 0.15) is 0 Å². The predicted octanol–water partition coefficient (Wildman–Crippen LogP) is 5.60. The molecule has 0 aliphatic carbocycles. The van der Waals surface area contributed by atoms with Gasteiger partial charge in [0.05, 0.1) is 13.7 Å². The summed E-state index contributed by atoms with van der Waals surface area (Å²) >= 11 is 0. The highest BCUT2D eigenvalue weighted by atomic mass is 16.5. The van der Waals surface area contributed by atoms with Crippen molar-refractivity contribution in [3.8, 4) is 0 Å². The lowest BCUT2D eigenvalue weighted by molar-refractivity contribution is -0.139. The predicted molar refractivity (Wildman–Crippen MR) is 138 cm³/mol. The fourth-order valence-corrected chi connectivity index (χ4v) is 1.08. The number of ketones is 1. The molecule has 7 nitrogen and oxygen atoms in total. The van der Waals surface area contributed by atoms with Crippen LogP contribution in [0.15, 0.2) is 86.5 Å². The normalized spacial score (nSPS) is 7.79. The topological polar surface area (TPSA) is 107 Å². The largest absolute Gasteiger partial charge is 0.478 e. The lowest BCUT2D eigenvalue weighted by Gasteiger charge is -1.99. The zero-order valence-electron chi connectivity index (χ0n) is 21.0. The van der Waals surface area contributed by atoms with Gasteiger partial charge in [0.2, 0.25) is 0 Å². The van der Waals surface area contributed by atoms with E-state index < -0.39 is 5.97 Å². The average molecular weight is 475 g/mol. The zero-order chi connectivity index (χ0) is 27.5. The molecule has 0 aromatic heterocycles. The number of carboxylic acids is 1. The lowest BCUT2D eigenvalue weighted by Crippen LogP contribution is -2.04. The number of carbonyl (C=O) groups is 4. The van der Waals surface area contributed by atoms with Crippen LogP contribution in [0.4, 0.5) is 0 Å². The van der Waals surface area contributed by atoms with Crippen molar-refractivity contribution in [2.45, 2.75) is 34.1 Å². The number of hydrogen-bond acceptors (Lipinski definition) is 6. The van der Waals surface area contributed by atoms with Gasteiger partial charge in [0.15, 0.2) is 5.78 Å². The standard InChI is InChI=1S/C8H8.C7H12O2.C5H8O2.C4H6O.C3H4O2/c1-2-8-6-4-3-5-7-8;1-4-5-9-7(8)6(2)3;1-4(2)5(6)7-3;1-3-4(2)5;1-2-3(4)5/h2-7H,1H2;2,4-5H2,1,3H3;1H2,2-3H3;3H,1H2,2H3;2H,1H2,(H,4,5). The van der Waals surface area contributed by atoms with Gasteiger partial charge in [-0.25, -0.2) is 14.4 Å². The molecule has 0 heterocycles. The van der Waals surface area contributed by atoms with E-state index in [4.69, 9.17) is 9.84 Å². The van der Waals surface area contributed by atoms with Gasteiger partial charge in [0, 0.05) is 17.2 Å². The van der Waals surface area contributed by atoms with Gasteiger partial charge in [-0.15, -0.1) is 0 Å². The van der Waals surface area contributed by atoms with Crippen LogP contribution in [0.5, 0.6) is 0 Å². The Morgan fingerprint density at radius 3 is 1.47 bits per heavy atom. The van der Waals surface area contributed by atoms with Crippen molar-refractivity contribution >= 4 is 29.8 Å². The van der Waals surface area contributed by atoms with Gasteiger partial charge in [-0.05, 0) is 38.8 Å². The average Bonchev–Trinajstić information content (AvgIpc) is 2.83. The van der Waals surface area contributed by atoms with Crippen molar-refractivity contribution in [3.05, 3.63) is 92.1 Å². The quantitative estimate of drug-likeness (QED) is 0.405. The molecule has 0 spiro atoms. The van der Waals surface area contributed by atoms with Crippen molar-refractivity contribution in [2.75, 3.05) is 13.7 Å². The SMILES string of the molecule is C=C(C)C(=O)OC.C=C(C)C(=O)OCCC.C=CC(=O)O.C=CC(C)=O.C=Cc1ccccc1. The van der Waals surface area contributed by atoms with Crippen LogP contribution in [0.1, 0.15) is 39.7 Å². The van der Waals surface area contributed by atoms with Crippen molar-refractivity contribution < 1.29 is 33.8 Å². The molecule has 0 aliphatic rings. The van der Waals surface area contributed by atoms with Crippen LogP contribution in [-0.4, -0.2) is 42.5 Å². The number of rotatable bonds is 7. The third kappa shape index (κ3) is 35.4. The van der Waals surface area contributed by atoms with E-state index in [9.17, 15) is 19.2 Å². The maximum atomic E-state index is 10.6. The second-order valence-electron chi connectivity index (χ2n) is 6.16. The highest BCUT2D eigenvalue weighted by Crippen LogP contribution is 1.97.